The Bertz CT molecular complexity index is 839. The van der Waals surface area contributed by atoms with Gasteiger partial charge >= 0.3 is 0 Å². The molecule has 2 rings (SSSR count). The molecule has 7 heteroatoms. The number of aromatic hydroxyl groups is 1. The minimum atomic E-state index is -3.81. The van der Waals surface area contributed by atoms with Gasteiger partial charge in [0.05, 0.1) is 14.7 Å². The van der Waals surface area contributed by atoms with Crippen LogP contribution >= 0.6 is 0 Å². The molecule has 0 atom stereocenters. The number of nitro benzene ring substituents is 1. The summed E-state index contributed by atoms with van der Waals surface area (Å²) in [5.74, 6) is -0.0271. The number of nitrogens with zero attached hydrogens (tertiary/aromatic N) is 1. The van der Waals surface area contributed by atoms with Gasteiger partial charge < -0.3 is 5.11 Å². The first-order valence-electron chi connectivity index (χ1n) is 6.31. The van der Waals surface area contributed by atoms with E-state index in [1.165, 1.54) is 30.3 Å². The van der Waals surface area contributed by atoms with Crippen molar-refractivity contribution in [2.45, 2.75) is 16.7 Å². The maximum absolute atomic E-state index is 12.5. The topological polar surface area (TPSA) is 97.5 Å². The van der Waals surface area contributed by atoms with Crippen LogP contribution in [0.4, 0.5) is 5.69 Å². The summed E-state index contributed by atoms with van der Waals surface area (Å²) < 4.78 is 25.0. The van der Waals surface area contributed by atoms with Crippen LogP contribution in [0.5, 0.6) is 5.75 Å². The molecular weight excluding hydrogens is 306 g/mol. The molecule has 0 radical (unpaired) electrons. The van der Waals surface area contributed by atoms with E-state index in [9.17, 15) is 23.6 Å². The SMILES string of the molecule is C/C=C/c1cc(S(=O)(=O)c2ccc([N+](=O)[O-])cc2)ccc1O. The summed E-state index contributed by atoms with van der Waals surface area (Å²) in [6.07, 6.45) is 3.27. The summed E-state index contributed by atoms with van der Waals surface area (Å²) in [4.78, 5) is 9.97. The van der Waals surface area contributed by atoms with Crippen LogP contribution < -0.4 is 0 Å². The summed E-state index contributed by atoms with van der Waals surface area (Å²) in [6, 6.07) is 8.60. The van der Waals surface area contributed by atoms with Crippen molar-refractivity contribution in [1.82, 2.24) is 0 Å². The van der Waals surface area contributed by atoms with Gasteiger partial charge in [-0.3, -0.25) is 10.1 Å². The molecule has 0 fully saturated rings. The van der Waals surface area contributed by atoms with Crippen molar-refractivity contribution in [2.75, 3.05) is 0 Å². The van der Waals surface area contributed by atoms with Crippen LogP contribution in [0, 0.1) is 10.1 Å². The summed E-state index contributed by atoms with van der Waals surface area (Å²) >= 11 is 0. The number of hydrogen-bond acceptors (Lipinski definition) is 5. The lowest BCUT2D eigenvalue weighted by molar-refractivity contribution is -0.384. The highest BCUT2D eigenvalue weighted by Gasteiger charge is 2.19. The van der Waals surface area contributed by atoms with Gasteiger partial charge in [0.15, 0.2) is 0 Å². The molecule has 0 saturated heterocycles. The summed E-state index contributed by atoms with van der Waals surface area (Å²) in [5, 5.41) is 20.3. The van der Waals surface area contributed by atoms with E-state index in [1.54, 1.807) is 19.1 Å². The first-order chi connectivity index (χ1) is 10.4. The van der Waals surface area contributed by atoms with E-state index in [0.717, 1.165) is 12.1 Å². The van der Waals surface area contributed by atoms with Crippen molar-refractivity contribution in [2.24, 2.45) is 0 Å². The molecule has 0 heterocycles. The van der Waals surface area contributed by atoms with Gasteiger partial charge in [-0.2, -0.15) is 0 Å². The summed E-state index contributed by atoms with van der Waals surface area (Å²) in [7, 11) is -3.81. The lowest BCUT2D eigenvalue weighted by Crippen LogP contribution is -2.02. The standard InChI is InChI=1S/C15H13NO5S/c1-2-3-11-10-14(8-9-15(11)17)22(20,21)13-6-4-12(5-7-13)16(18)19/h2-10,17H,1H3/b3-2+. The highest BCUT2D eigenvalue weighted by Crippen LogP contribution is 2.27. The third-order valence-electron chi connectivity index (χ3n) is 3.01. The fourth-order valence-corrected chi connectivity index (χ4v) is 3.19. The van der Waals surface area contributed by atoms with Gasteiger partial charge in [0.1, 0.15) is 5.75 Å². The van der Waals surface area contributed by atoms with E-state index < -0.39 is 14.8 Å². The summed E-state index contributed by atoms with van der Waals surface area (Å²) in [6.45, 7) is 1.75. The molecule has 22 heavy (non-hydrogen) atoms. The van der Waals surface area contributed by atoms with Crippen LogP contribution in [-0.4, -0.2) is 18.4 Å². The lowest BCUT2D eigenvalue weighted by atomic mass is 10.2. The minimum Gasteiger partial charge on any atom is -0.507 e. The van der Waals surface area contributed by atoms with Crippen LogP contribution in [0.2, 0.25) is 0 Å². The molecule has 0 saturated carbocycles. The highest BCUT2D eigenvalue weighted by atomic mass is 32.2. The molecule has 0 spiro atoms. The molecule has 0 aliphatic rings. The largest absolute Gasteiger partial charge is 0.507 e. The molecule has 0 aliphatic heterocycles. The normalized spacial score (nSPS) is 11.7. The maximum atomic E-state index is 12.5. The van der Waals surface area contributed by atoms with Crippen molar-refractivity contribution >= 4 is 21.6 Å². The predicted octanol–water partition coefficient (Wildman–Crippen LogP) is 3.17. The van der Waals surface area contributed by atoms with Gasteiger partial charge in [-0.1, -0.05) is 12.2 Å². The number of benzene rings is 2. The second-order valence-electron chi connectivity index (χ2n) is 4.48. The fourth-order valence-electron chi connectivity index (χ4n) is 1.90. The lowest BCUT2D eigenvalue weighted by Gasteiger charge is -2.07. The van der Waals surface area contributed by atoms with E-state index in [0.29, 0.717) is 5.56 Å². The highest BCUT2D eigenvalue weighted by molar-refractivity contribution is 7.91. The van der Waals surface area contributed by atoms with Crippen molar-refractivity contribution in [3.63, 3.8) is 0 Å². The third kappa shape index (κ3) is 2.99. The number of nitro groups is 1. The number of rotatable bonds is 4. The van der Waals surface area contributed by atoms with Crippen LogP contribution in [0.3, 0.4) is 0 Å². The zero-order valence-electron chi connectivity index (χ0n) is 11.6. The Morgan fingerprint density at radius 1 is 1.09 bits per heavy atom. The molecule has 6 nitrogen and oxygen atoms in total. The number of sulfone groups is 1. The van der Waals surface area contributed by atoms with Crippen LogP contribution in [0.25, 0.3) is 6.08 Å². The summed E-state index contributed by atoms with van der Waals surface area (Å²) in [5.41, 5.74) is 0.199. The number of phenolic OH excluding ortho intramolecular Hbond substituents is 1. The maximum Gasteiger partial charge on any atom is 0.269 e. The Labute approximate surface area is 127 Å². The quantitative estimate of drug-likeness (QED) is 0.689. The van der Waals surface area contributed by atoms with Crippen molar-refractivity contribution in [3.05, 3.63) is 64.2 Å². The second kappa shape index (κ2) is 5.98. The van der Waals surface area contributed by atoms with Crippen LogP contribution in [0.1, 0.15) is 12.5 Å². The Kier molecular flexibility index (Phi) is 4.27. The molecule has 2 aromatic carbocycles. The second-order valence-corrected chi connectivity index (χ2v) is 6.42. The molecule has 1 N–H and O–H groups in total. The number of hydrogen-bond donors (Lipinski definition) is 1. The van der Waals surface area contributed by atoms with E-state index >= 15 is 0 Å². The molecule has 0 amide bonds. The Hall–Kier alpha value is -2.67. The molecule has 2 aromatic rings. The van der Waals surface area contributed by atoms with Gasteiger partial charge in [0.25, 0.3) is 5.69 Å². The van der Waals surface area contributed by atoms with E-state index in [4.69, 9.17) is 0 Å². The molecule has 0 unspecified atom stereocenters. The first-order valence-corrected chi connectivity index (χ1v) is 7.80. The van der Waals surface area contributed by atoms with Gasteiger partial charge in [-0.25, -0.2) is 8.42 Å². The first kappa shape index (κ1) is 15.7. The smallest absolute Gasteiger partial charge is 0.269 e. The number of allylic oxidation sites excluding steroid dienone is 1. The third-order valence-corrected chi connectivity index (χ3v) is 4.78. The minimum absolute atomic E-state index is 0.00672. The monoisotopic (exact) mass is 319 g/mol. The molecule has 0 aliphatic carbocycles. The fraction of sp³-hybridized carbons (Fsp3) is 0.0667. The van der Waals surface area contributed by atoms with Gasteiger partial charge in [-0.15, -0.1) is 0 Å². The average Bonchev–Trinajstić information content (AvgIpc) is 2.49. The molecule has 114 valence electrons. The van der Waals surface area contributed by atoms with Crippen molar-refractivity contribution in [1.29, 1.82) is 0 Å². The molecular formula is C15H13NO5S. The van der Waals surface area contributed by atoms with Gasteiger partial charge in [0.2, 0.25) is 9.84 Å². The average molecular weight is 319 g/mol. The van der Waals surface area contributed by atoms with Crippen molar-refractivity contribution < 1.29 is 18.4 Å². The van der Waals surface area contributed by atoms with Crippen LogP contribution in [0.15, 0.2) is 58.3 Å². The Balaban J connectivity index is 2.50. The predicted molar refractivity (Wildman–Crippen MR) is 81.4 cm³/mol. The van der Waals surface area contributed by atoms with E-state index in [1.807, 2.05) is 0 Å². The Morgan fingerprint density at radius 2 is 1.68 bits per heavy atom. The van der Waals surface area contributed by atoms with Crippen molar-refractivity contribution in [3.8, 4) is 5.75 Å². The molecule has 0 bridgehead atoms. The zero-order valence-corrected chi connectivity index (χ0v) is 12.4. The van der Waals surface area contributed by atoms with E-state index in [-0.39, 0.29) is 21.2 Å². The number of phenols is 1. The van der Waals surface area contributed by atoms with Gasteiger partial charge in [0, 0.05) is 17.7 Å². The van der Waals surface area contributed by atoms with Crippen LogP contribution in [-0.2, 0) is 9.84 Å². The van der Waals surface area contributed by atoms with E-state index in [2.05, 4.69) is 0 Å². The number of non-ortho nitro benzene ring substituents is 1. The van der Waals surface area contributed by atoms with Gasteiger partial charge in [-0.05, 0) is 37.3 Å². The zero-order chi connectivity index (χ0) is 16.3. The molecule has 0 aromatic heterocycles. The Morgan fingerprint density at radius 3 is 2.23 bits per heavy atom.